The van der Waals surface area contributed by atoms with Gasteiger partial charge in [-0.05, 0) is 20.8 Å². The van der Waals surface area contributed by atoms with Crippen LogP contribution in [0.4, 0.5) is 0 Å². The predicted molar refractivity (Wildman–Crippen MR) is 69.6 cm³/mol. The van der Waals surface area contributed by atoms with Crippen molar-refractivity contribution in [1.29, 1.82) is 0 Å². The summed E-state index contributed by atoms with van der Waals surface area (Å²) >= 11 is 0. The van der Waals surface area contributed by atoms with Gasteiger partial charge in [0.05, 0.1) is 12.2 Å². The second-order valence-corrected chi connectivity index (χ2v) is 4.43. The van der Waals surface area contributed by atoms with Gasteiger partial charge in [-0.1, -0.05) is 47.2 Å². The third kappa shape index (κ3) is 2.81. The molecule has 0 saturated carbocycles. The largest absolute Gasteiger partial charge is 0.245 e. The van der Waals surface area contributed by atoms with Crippen molar-refractivity contribution in [3.8, 4) is 11.3 Å². The summed E-state index contributed by atoms with van der Waals surface area (Å²) in [5.41, 5.74) is 3.30. The molecule has 88 valence electrons. The van der Waals surface area contributed by atoms with E-state index < -0.39 is 0 Å². The molecule has 0 aliphatic heterocycles. The second kappa shape index (κ2) is 4.95. The minimum absolute atomic E-state index is 0.241. The summed E-state index contributed by atoms with van der Waals surface area (Å²) in [5.74, 6) is 0. The number of allylic oxidation sites excluding steroid dienone is 2. The van der Waals surface area contributed by atoms with Gasteiger partial charge in [-0.3, -0.25) is 0 Å². The highest BCUT2D eigenvalue weighted by Crippen LogP contribution is 2.17. The first-order valence-corrected chi connectivity index (χ1v) is 5.79. The third-order valence-corrected chi connectivity index (χ3v) is 2.57. The topological polar surface area (TPSA) is 30.7 Å². The van der Waals surface area contributed by atoms with Gasteiger partial charge in [-0.15, -0.1) is 5.10 Å². The molecule has 0 N–H and O–H groups in total. The van der Waals surface area contributed by atoms with E-state index in [-0.39, 0.29) is 6.04 Å². The SMILES string of the molecule is CC(C)=CC(C)n1cc(-c2ccccc2)nn1. The lowest BCUT2D eigenvalue weighted by molar-refractivity contribution is 0.555. The van der Waals surface area contributed by atoms with E-state index in [4.69, 9.17) is 0 Å². The summed E-state index contributed by atoms with van der Waals surface area (Å²) in [6, 6.07) is 10.3. The first-order valence-electron chi connectivity index (χ1n) is 5.79. The smallest absolute Gasteiger partial charge is 0.113 e. The van der Waals surface area contributed by atoms with Gasteiger partial charge in [0.1, 0.15) is 5.69 Å². The van der Waals surface area contributed by atoms with Gasteiger partial charge >= 0.3 is 0 Å². The van der Waals surface area contributed by atoms with Crippen LogP contribution in [0, 0.1) is 0 Å². The molecule has 0 fully saturated rings. The number of hydrogen-bond acceptors (Lipinski definition) is 2. The number of benzene rings is 1. The molecule has 0 aliphatic rings. The first kappa shape index (κ1) is 11.6. The number of hydrogen-bond donors (Lipinski definition) is 0. The Morgan fingerprint density at radius 2 is 1.94 bits per heavy atom. The zero-order valence-electron chi connectivity index (χ0n) is 10.5. The summed E-state index contributed by atoms with van der Waals surface area (Å²) < 4.78 is 1.88. The van der Waals surface area contributed by atoms with Crippen LogP contribution in [0.25, 0.3) is 11.3 Å². The first-order chi connectivity index (χ1) is 8.16. The molecular formula is C14H17N3. The minimum Gasteiger partial charge on any atom is -0.245 e. The van der Waals surface area contributed by atoms with E-state index in [0.29, 0.717) is 0 Å². The van der Waals surface area contributed by atoms with Crippen LogP contribution in [0.5, 0.6) is 0 Å². The Hall–Kier alpha value is -1.90. The Labute approximate surface area is 102 Å². The Morgan fingerprint density at radius 1 is 1.24 bits per heavy atom. The maximum absolute atomic E-state index is 4.20. The molecule has 1 aromatic heterocycles. The maximum Gasteiger partial charge on any atom is 0.113 e. The molecule has 0 amide bonds. The van der Waals surface area contributed by atoms with E-state index >= 15 is 0 Å². The Balaban J connectivity index is 2.25. The Bertz CT molecular complexity index is 507. The van der Waals surface area contributed by atoms with Crippen LogP contribution in [0.2, 0.25) is 0 Å². The molecule has 0 radical (unpaired) electrons. The van der Waals surface area contributed by atoms with E-state index in [9.17, 15) is 0 Å². The number of nitrogens with zero attached hydrogens (tertiary/aromatic N) is 3. The average Bonchev–Trinajstić information content (AvgIpc) is 2.78. The van der Waals surface area contributed by atoms with E-state index in [2.05, 4.69) is 37.2 Å². The molecule has 0 bridgehead atoms. The second-order valence-electron chi connectivity index (χ2n) is 4.43. The Kier molecular flexibility index (Phi) is 3.38. The lowest BCUT2D eigenvalue weighted by atomic mass is 10.2. The normalized spacial score (nSPS) is 12.2. The molecule has 2 rings (SSSR count). The summed E-state index contributed by atoms with van der Waals surface area (Å²) in [6.45, 7) is 6.29. The summed E-state index contributed by atoms with van der Waals surface area (Å²) in [5, 5.41) is 8.37. The molecule has 3 nitrogen and oxygen atoms in total. The van der Waals surface area contributed by atoms with Gasteiger partial charge in [0, 0.05) is 5.56 Å². The highest BCUT2D eigenvalue weighted by atomic mass is 15.4. The van der Waals surface area contributed by atoms with Gasteiger partial charge in [-0.2, -0.15) is 0 Å². The molecule has 2 aromatic rings. The van der Waals surface area contributed by atoms with Gasteiger partial charge in [-0.25, -0.2) is 4.68 Å². The van der Waals surface area contributed by atoms with Crippen molar-refractivity contribution in [3.05, 3.63) is 48.2 Å². The van der Waals surface area contributed by atoms with Crippen LogP contribution >= 0.6 is 0 Å². The zero-order chi connectivity index (χ0) is 12.3. The van der Waals surface area contributed by atoms with Crippen molar-refractivity contribution in [2.45, 2.75) is 26.8 Å². The molecule has 1 unspecified atom stereocenters. The highest BCUT2D eigenvalue weighted by molar-refractivity contribution is 5.57. The summed E-state index contributed by atoms with van der Waals surface area (Å²) in [6.07, 6.45) is 4.16. The van der Waals surface area contributed by atoms with Gasteiger partial charge in [0.2, 0.25) is 0 Å². The molecule has 0 spiro atoms. The standard InChI is InChI=1S/C14H17N3/c1-11(2)9-12(3)17-10-14(15-16-17)13-7-5-4-6-8-13/h4-10,12H,1-3H3. The lowest BCUT2D eigenvalue weighted by Crippen LogP contribution is -2.03. The van der Waals surface area contributed by atoms with Crippen molar-refractivity contribution >= 4 is 0 Å². The molecule has 3 heteroatoms. The van der Waals surface area contributed by atoms with Crippen molar-refractivity contribution < 1.29 is 0 Å². The minimum atomic E-state index is 0.241. The summed E-state index contributed by atoms with van der Waals surface area (Å²) in [7, 11) is 0. The Morgan fingerprint density at radius 3 is 2.59 bits per heavy atom. The van der Waals surface area contributed by atoms with Crippen molar-refractivity contribution in [3.63, 3.8) is 0 Å². The van der Waals surface area contributed by atoms with E-state index in [1.807, 2.05) is 41.2 Å². The van der Waals surface area contributed by atoms with Crippen LogP contribution in [-0.4, -0.2) is 15.0 Å². The van der Waals surface area contributed by atoms with Crippen LogP contribution in [0.3, 0.4) is 0 Å². The van der Waals surface area contributed by atoms with Gasteiger partial charge in [0.15, 0.2) is 0 Å². The molecule has 1 atom stereocenters. The number of aromatic nitrogens is 3. The van der Waals surface area contributed by atoms with Gasteiger partial charge in [0.25, 0.3) is 0 Å². The molecular weight excluding hydrogens is 210 g/mol. The van der Waals surface area contributed by atoms with E-state index in [0.717, 1.165) is 11.3 Å². The van der Waals surface area contributed by atoms with Gasteiger partial charge < -0.3 is 0 Å². The summed E-state index contributed by atoms with van der Waals surface area (Å²) in [4.78, 5) is 0. The van der Waals surface area contributed by atoms with Crippen LogP contribution in [0.15, 0.2) is 48.2 Å². The molecule has 0 saturated heterocycles. The zero-order valence-corrected chi connectivity index (χ0v) is 10.5. The monoisotopic (exact) mass is 227 g/mol. The van der Waals surface area contributed by atoms with Crippen molar-refractivity contribution in [2.75, 3.05) is 0 Å². The molecule has 0 aliphatic carbocycles. The lowest BCUT2D eigenvalue weighted by Gasteiger charge is -2.05. The maximum atomic E-state index is 4.20. The van der Waals surface area contributed by atoms with Crippen LogP contribution in [-0.2, 0) is 0 Å². The van der Waals surface area contributed by atoms with Crippen molar-refractivity contribution in [2.24, 2.45) is 0 Å². The number of rotatable bonds is 3. The fraction of sp³-hybridized carbons (Fsp3) is 0.286. The van der Waals surface area contributed by atoms with Crippen molar-refractivity contribution in [1.82, 2.24) is 15.0 Å². The van der Waals surface area contributed by atoms with E-state index in [1.54, 1.807) is 0 Å². The average molecular weight is 227 g/mol. The molecule has 1 heterocycles. The quantitative estimate of drug-likeness (QED) is 0.752. The third-order valence-electron chi connectivity index (χ3n) is 2.57. The van der Waals surface area contributed by atoms with Crippen LogP contribution < -0.4 is 0 Å². The fourth-order valence-corrected chi connectivity index (χ4v) is 1.78. The highest BCUT2D eigenvalue weighted by Gasteiger charge is 2.06. The fourth-order valence-electron chi connectivity index (χ4n) is 1.78. The molecule has 1 aromatic carbocycles. The van der Waals surface area contributed by atoms with Crippen LogP contribution in [0.1, 0.15) is 26.8 Å². The van der Waals surface area contributed by atoms with E-state index in [1.165, 1.54) is 5.57 Å². The molecule has 17 heavy (non-hydrogen) atoms. The predicted octanol–water partition coefficient (Wildman–Crippen LogP) is 3.47.